The van der Waals surface area contributed by atoms with Crippen molar-refractivity contribution in [2.24, 2.45) is 5.92 Å². The molecule has 2 amide bonds. The van der Waals surface area contributed by atoms with Crippen molar-refractivity contribution in [1.29, 1.82) is 0 Å². The molecule has 1 aliphatic rings. The molecule has 3 atom stereocenters. The van der Waals surface area contributed by atoms with Crippen LogP contribution < -0.4 is 10.6 Å². The number of carbonyl (C=O) groups excluding carboxylic acids is 3. The summed E-state index contributed by atoms with van der Waals surface area (Å²) in [6.45, 7) is 8.03. The molecule has 0 bridgehead atoms. The number of esters is 1. The average Bonchev–Trinajstić information content (AvgIpc) is 3.16. The summed E-state index contributed by atoms with van der Waals surface area (Å²) in [7, 11) is 0. The lowest BCUT2D eigenvalue weighted by Gasteiger charge is -2.37. The summed E-state index contributed by atoms with van der Waals surface area (Å²) in [4.78, 5) is 41.1. The number of hydrogen-bond acceptors (Lipinski definition) is 5. The van der Waals surface area contributed by atoms with Crippen LogP contribution in [0.4, 0.5) is 5.69 Å². The maximum atomic E-state index is 13.7. The van der Waals surface area contributed by atoms with Crippen molar-refractivity contribution in [2.75, 3.05) is 18.5 Å². The van der Waals surface area contributed by atoms with Gasteiger partial charge in [-0.2, -0.15) is 0 Å². The van der Waals surface area contributed by atoms with Crippen LogP contribution in [0, 0.1) is 5.92 Å². The second kappa shape index (κ2) is 11.4. The minimum atomic E-state index is -0.923. The Labute approximate surface area is 205 Å². The van der Waals surface area contributed by atoms with Crippen LogP contribution >= 0.6 is 11.6 Å². The first kappa shape index (κ1) is 25.6. The van der Waals surface area contributed by atoms with E-state index in [0.717, 1.165) is 11.1 Å². The van der Waals surface area contributed by atoms with E-state index >= 15 is 0 Å². The minimum Gasteiger partial charge on any atom is -0.464 e. The van der Waals surface area contributed by atoms with Crippen molar-refractivity contribution >= 4 is 35.1 Å². The molecule has 0 aromatic heterocycles. The molecule has 0 saturated carbocycles. The van der Waals surface area contributed by atoms with Crippen molar-refractivity contribution in [3.63, 3.8) is 0 Å². The summed E-state index contributed by atoms with van der Waals surface area (Å²) in [5, 5.41) is 6.67. The smallest absolute Gasteiger partial charge is 0.329 e. The Balaban J connectivity index is 2.05. The highest BCUT2D eigenvalue weighted by Crippen LogP contribution is 2.42. The number of benzene rings is 2. The summed E-state index contributed by atoms with van der Waals surface area (Å²) in [6, 6.07) is 13.0. The molecule has 0 fully saturated rings. The van der Waals surface area contributed by atoms with E-state index in [1.807, 2.05) is 44.2 Å². The Hall–Kier alpha value is -3.06. The van der Waals surface area contributed by atoms with Crippen LogP contribution in [0.25, 0.3) is 0 Å². The third-order valence-corrected chi connectivity index (χ3v) is 6.04. The van der Waals surface area contributed by atoms with Gasteiger partial charge >= 0.3 is 5.97 Å². The molecule has 8 heteroatoms. The third-order valence-electron chi connectivity index (χ3n) is 5.81. The van der Waals surface area contributed by atoms with Crippen LogP contribution in [0.15, 0.2) is 48.5 Å². The number of rotatable bonds is 9. The number of anilines is 1. The highest BCUT2D eigenvalue weighted by atomic mass is 35.5. The van der Waals surface area contributed by atoms with Crippen LogP contribution in [0.3, 0.4) is 0 Å². The number of halogens is 1. The van der Waals surface area contributed by atoms with Gasteiger partial charge in [0.2, 0.25) is 11.8 Å². The topological polar surface area (TPSA) is 87.7 Å². The summed E-state index contributed by atoms with van der Waals surface area (Å²) in [5.41, 5.74) is 2.34. The number of nitrogens with zero attached hydrogens (tertiary/aromatic N) is 1. The molecule has 7 nitrogen and oxygen atoms in total. The third kappa shape index (κ3) is 5.89. The number of ether oxygens (including phenoxy) is 1. The molecule has 0 radical (unpaired) electrons. The molecule has 2 aromatic rings. The first-order chi connectivity index (χ1) is 16.2. The number of hydrogen-bond donors (Lipinski definition) is 2. The van der Waals surface area contributed by atoms with E-state index in [9.17, 15) is 14.4 Å². The standard InChI is InChI=1S/C26H32ClN3O4/c1-5-34-26(33)23-22(20-12-11-19(27)13-21(20)29-23)24(30(17(4)31)15-16(2)3)25(32)28-14-18-9-7-6-8-10-18/h6-13,16,22-24,29H,5,14-15H2,1-4H3,(H,28,32). The van der Waals surface area contributed by atoms with Gasteiger partial charge in [0.15, 0.2) is 0 Å². The Kier molecular flexibility index (Phi) is 8.56. The zero-order valence-electron chi connectivity index (χ0n) is 20.0. The fourth-order valence-electron chi connectivity index (χ4n) is 4.39. The highest BCUT2D eigenvalue weighted by molar-refractivity contribution is 6.31. The fourth-order valence-corrected chi connectivity index (χ4v) is 4.56. The lowest BCUT2D eigenvalue weighted by molar-refractivity contribution is -0.147. The van der Waals surface area contributed by atoms with Crippen molar-refractivity contribution < 1.29 is 19.1 Å². The second-order valence-corrected chi connectivity index (χ2v) is 9.28. The molecular weight excluding hydrogens is 454 g/mol. The van der Waals surface area contributed by atoms with E-state index < -0.39 is 24.0 Å². The minimum absolute atomic E-state index is 0.119. The monoisotopic (exact) mass is 485 g/mol. The lowest BCUT2D eigenvalue weighted by atomic mass is 9.85. The van der Waals surface area contributed by atoms with Gasteiger partial charge in [0.05, 0.1) is 6.61 Å². The summed E-state index contributed by atoms with van der Waals surface area (Å²) < 4.78 is 5.33. The van der Waals surface area contributed by atoms with Gasteiger partial charge in [-0.05, 0) is 36.1 Å². The van der Waals surface area contributed by atoms with E-state index in [1.54, 1.807) is 30.0 Å². The van der Waals surface area contributed by atoms with E-state index in [-0.39, 0.29) is 24.3 Å². The number of amides is 2. The molecule has 0 aliphatic carbocycles. The SMILES string of the molecule is CCOC(=O)C1Nc2cc(Cl)ccc2C1C(C(=O)NCc1ccccc1)N(CC(C)C)C(C)=O. The zero-order chi connectivity index (χ0) is 24.8. The summed E-state index contributed by atoms with van der Waals surface area (Å²) >= 11 is 6.20. The van der Waals surface area contributed by atoms with Gasteiger partial charge in [-0.1, -0.05) is 61.8 Å². The van der Waals surface area contributed by atoms with Crippen LogP contribution in [-0.4, -0.2) is 47.9 Å². The lowest BCUT2D eigenvalue weighted by Crippen LogP contribution is -2.56. The summed E-state index contributed by atoms with van der Waals surface area (Å²) in [5.74, 6) is -1.57. The van der Waals surface area contributed by atoms with Crippen LogP contribution in [0.1, 0.15) is 44.7 Å². The van der Waals surface area contributed by atoms with Gasteiger partial charge in [-0.15, -0.1) is 0 Å². The molecular formula is C26H32ClN3O4. The van der Waals surface area contributed by atoms with Gasteiger partial charge in [0.25, 0.3) is 0 Å². The molecule has 0 spiro atoms. The van der Waals surface area contributed by atoms with E-state index in [0.29, 0.717) is 23.8 Å². The van der Waals surface area contributed by atoms with Crippen molar-refractivity contribution in [3.05, 3.63) is 64.7 Å². The second-order valence-electron chi connectivity index (χ2n) is 8.84. The Morgan fingerprint density at radius 2 is 1.85 bits per heavy atom. The Morgan fingerprint density at radius 3 is 2.47 bits per heavy atom. The molecule has 3 unspecified atom stereocenters. The van der Waals surface area contributed by atoms with Gasteiger partial charge in [0.1, 0.15) is 12.1 Å². The maximum absolute atomic E-state index is 13.7. The molecule has 3 rings (SSSR count). The predicted octanol–water partition coefficient (Wildman–Crippen LogP) is 3.97. The average molecular weight is 486 g/mol. The highest BCUT2D eigenvalue weighted by Gasteiger charge is 2.48. The maximum Gasteiger partial charge on any atom is 0.329 e. The Morgan fingerprint density at radius 1 is 1.15 bits per heavy atom. The van der Waals surface area contributed by atoms with Gasteiger partial charge in [-0.3, -0.25) is 9.59 Å². The normalized spacial score (nSPS) is 17.5. The van der Waals surface area contributed by atoms with Gasteiger partial charge in [0, 0.05) is 36.6 Å². The quantitative estimate of drug-likeness (QED) is 0.525. The first-order valence-corrected chi connectivity index (χ1v) is 11.9. The number of carbonyl (C=O) groups is 3. The molecule has 34 heavy (non-hydrogen) atoms. The molecule has 2 aromatic carbocycles. The molecule has 1 aliphatic heterocycles. The van der Waals surface area contributed by atoms with Crippen LogP contribution in [0.5, 0.6) is 0 Å². The molecule has 182 valence electrons. The summed E-state index contributed by atoms with van der Waals surface area (Å²) in [6.07, 6.45) is 0. The van der Waals surface area contributed by atoms with Crippen molar-refractivity contribution in [3.8, 4) is 0 Å². The van der Waals surface area contributed by atoms with Gasteiger partial charge in [-0.25, -0.2) is 4.79 Å². The Bertz CT molecular complexity index is 1030. The number of fused-ring (bicyclic) bond motifs is 1. The fraction of sp³-hybridized carbons (Fsp3) is 0.423. The van der Waals surface area contributed by atoms with Crippen LogP contribution in [-0.2, 0) is 25.7 Å². The van der Waals surface area contributed by atoms with E-state index in [2.05, 4.69) is 10.6 Å². The van der Waals surface area contributed by atoms with Gasteiger partial charge < -0.3 is 20.3 Å². The molecule has 2 N–H and O–H groups in total. The first-order valence-electron chi connectivity index (χ1n) is 11.5. The predicted molar refractivity (Wildman–Crippen MR) is 133 cm³/mol. The van der Waals surface area contributed by atoms with Crippen molar-refractivity contribution in [1.82, 2.24) is 10.2 Å². The number of nitrogens with one attached hydrogen (secondary N) is 2. The molecule has 1 heterocycles. The van der Waals surface area contributed by atoms with E-state index in [4.69, 9.17) is 16.3 Å². The van der Waals surface area contributed by atoms with Crippen molar-refractivity contribution in [2.45, 2.75) is 52.2 Å². The largest absolute Gasteiger partial charge is 0.464 e. The van der Waals surface area contributed by atoms with Crippen LogP contribution in [0.2, 0.25) is 5.02 Å². The zero-order valence-corrected chi connectivity index (χ0v) is 20.8. The van der Waals surface area contributed by atoms with E-state index in [1.165, 1.54) is 6.92 Å². The molecule has 0 saturated heterocycles.